The van der Waals surface area contributed by atoms with Crippen molar-refractivity contribution in [3.05, 3.63) is 23.7 Å². The number of guanidine groups is 1. The van der Waals surface area contributed by atoms with E-state index in [4.69, 9.17) is 19.9 Å². The number of aliphatic imine (C=N–C) groups is 1. The number of likely N-dealkylation sites (tertiary alicyclic amines) is 1. The van der Waals surface area contributed by atoms with Crippen molar-refractivity contribution in [1.82, 2.24) is 9.80 Å². The number of rotatable bonds is 4. The molecule has 0 radical (unpaired) electrons. The maximum absolute atomic E-state index is 6.27. The molecule has 2 N–H and O–H groups in total. The number of morpholine rings is 1. The fourth-order valence-electron chi connectivity index (χ4n) is 3.58. The lowest BCUT2D eigenvalue weighted by atomic mass is 10.0. The maximum atomic E-state index is 6.27. The molecule has 0 saturated carbocycles. The van der Waals surface area contributed by atoms with Crippen LogP contribution in [0, 0.1) is 12.8 Å². The van der Waals surface area contributed by atoms with Gasteiger partial charge in [-0.2, -0.15) is 0 Å². The molecule has 6 nitrogen and oxygen atoms in total. The number of furan rings is 1. The molecular formula is C18H30N4O2. The standard InChI is InChI=1S/C18H30N4O2/c1-14-4-3-7-22(13-14)18(19)20-12-16(17-6-5-15(2)24-17)21-8-10-23-11-9-21/h5-6,14,16H,3-4,7-13H2,1-2H3,(H2,19,20). The van der Waals surface area contributed by atoms with Gasteiger partial charge in [0.15, 0.2) is 5.96 Å². The largest absolute Gasteiger partial charge is 0.465 e. The number of ether oxygens (including phenoxy) is 1. The van der Waals surface area contributed by atoms with Crippen LogP contribution in [0.25, 0.3) is 0 Å². The first-order chi connectivity index (χ1) is 11.6. The molecule has 1 aromatic heterocycles. The topological polar surface area (TPSA) is 67.2 Å². The van der Waals surface area contributed by atoms with Gasteiger partial charge in [-0.1, -0.05) is 6.92 Å². The minimum atomic E-state index is 0.128. The van der Waals surface area contributed by atoms with Crippen molar-refractivity contribution >= 4 is 5.96 Å². The SMILES string of the molecule is Cc1ccc(C(CN=C(N)N2CCCC(C)C2)N2CCOCC2)o1. The second kappa shape index (κ2) is 8.03. The molecule has 2 atom stereocenters. The number of hydrogen-bond donors (Lipinski definition) is 1. The van der Waals surface area contributed by atoms with Gasteiger partial charge in [0.2, 0.25) is 0 Å². The summed E-state index contributed by atoms with van der Waals surface area (Å²) in [6.07, 6.45) is 2.48. The zero-order valence-electron chi connectivity index (χ0n) is 14.9. The minimum absolute atomic E-state index is 0.128. The lowest BCUT2D eigenvalue weighted by Gasteiger charge is -2.34. The van der Waals surface area contributed by atoms with Crippen LogP contribution in [0.3, 0.4) is 0 Å². The first-order valence-corrected chi connectivity index (χ1v) is 9.06. The Balaban J connectivity index is 1.69. The first-order valence-electron chi connectivity index (χ1n) is 9.06. The van der Waals surface area contributed by atoms with E-state index in [1.54, 1.807) is 0 Å². The molecule has 2 aliphatic rings. The molecule has 0 spiro atoms. The third-order valence-electron chi connectivity index (χ3n) is 4.98. The van der Waals surface area contributed by atoms with E-state index in [0.29, 0.717) is 18.4 Å². The summed E-state index contributed by atoms with van der Waals surface area (Å²) in [6, 6.07) is 4.20. The molecule has 3 heterocycles. The Morgan fingerprint density at radius 1 is 1.33 bits per heavy atom. The summed E-state index contributed by atoms with van der Waals surface area (Å²) in [5.74, 6) is 3.27. The van der Waals surface area contributed by atoms with E-state index in [1.165, 1.54) is 12.8 Å². The molecule has 3 rings (SSSR count). The van der Waals surface area contributed by atoms with Crippen molar-refractivity contribution in [3.63, 3.8) is 0 Å². The minimum Gasteiger partial charge on any atom is -0.465 e. The van der Waals surface area contributed by atoms with Crippen LogP contribution in [-0.4, -0.2) is 61.7 Å². The molecule has 134 valence electrons. The molecule has 0 aromatic carbocycles. The zero-order valence-corrected chi connectivity index (χ0v) is 14.9. The predicted octanol–water partition coefficient (Wildman–Crippen LogP) is 2.01. The summed E-state index contributed by atoms with van der Waals surface area (Å²) >= 11 is 0. The summed E-state index contributed by atoms with van der Waals surface area (Å²) < 4.78 is 11.4. The Kier molecular flexibility index (Phi) is 5.79. The van der Waals surface area contributed by atoms with Crippen molar-refractivity contribution in [1.29, 1.82) is 0 Å². The molecule has 2 fully saturated rings. The molecule has 0 aliphatic carbocycles. The van der Waals surface area contributed by atoms with Crippen LogP contribution in [-0.2, 0) is 4.74 Å². The van der Waals surface area contributed by atoms with Gasteiger partial charge >= 0.3 is 0 Å². The third-order valence-corrected chi connectivity index (χ3v) is 4.98. The second-order valence-electron chi connectivity index (χ2n) is 7.00. The van der Waals surface area contributed by atoms with Crippen molar-refractivity contribution in [2.24, 2.45) is 16.6 Å². The van der Waals surface area contributed by atoms with Crippen molar-refractivity contribution in [2.45, 2.75) is 32.7 Å². The van der Waals surface area contributed by atoms with Crippen LogP contribution in [0.2, 0.25) is 0 Å². The number of nitrogens with zero attached hydrogens (tertiary/aromatic N) is 3. The third kappa shape index (κ3) is 4.30. The van der Waals surface area contributed by atoms with Crippen molar-refractivity contribution in [2.75, 3.05) is 45.9 Å². The van der Waals surface area contributed by atoms with Gasteiger partial charge in [-0.3, -0.25) is 9.89 Å². The van der Waals surface area contributed by atoms with Gasteiger partial charge in [0.1, 0.15) is 11.5 Å². The number of hydrogen-bond acceptors (Lipinski definition) is 4. The van der Waals surface area contributed by atoms with Gasteiger partial charge in [-0.25, -0.2) is 0 Å². The Hall–Kier alpha value is -1.53. The monoisotopic (exact) mass is 334 g/mol. The van der Waals surface area contributed by atoms with Crippen LogP contribution in [0.4, 0.5) is 0 Å². The van der Waals surface area contributed by atoms with Crippen LogP contribution in [0.1, 0.15) is 37.3 Å². The van der Waals surface area contributed by atoms with Gasteiger partial charge in [0, 0.05) is 26.2 Å². The van der Waals surface area contributed by atoms with E-state index in [1.807, 2.05) is 13.0 Å². The van der Waals surface area contributed by atoms with E-state index < -0.39 is 0 Å². The average Bonchev–Trinajstić information content (AvgIpc) is 3.02. The summed E-state index contributed by atoms with van der Waals surface area (Å²) in [5.41, 5.74) is 6.27. The quantitative estimate of drug-likeness (QED) is 0.674. The molecule has 0 amide bonds. The van der Waals surface area contributed by atoms with E-state index >= 15 is 0 Å². The van der Waals surface area contributed by atoms with Gasteiger partial charge in [-0.05, 0) is 37.8 Å². The smallest absolute Gasteiger partial charge is 0.191 e. The van der Waals surface area contributed by atoms with Gasteiger partial charge in [0.05, 0.1) is 25.8 Å². The molecule has 0 bridgehead atoms. The molecule has 6 heteroatoms. The second-order valence-corrected chi connectivity index (χ2v) is 7.00. The fraction of sp³-hybridized carbons (Fsp3) is 0.722. The highest BCUT2D eigenvalue weighted by atomic mass is 16.5. The normalized spacial score (nSPS) is 25.0. The van der Waals surface area contributed by atoms with E-state index in [-0.39, 0.29) is 6.04 Å². The first kappa shape index (κ1) is 17.3. The summed E-state index contributed by atoms with van der Waals surface area (Å²) in [4.78, 5) is 9.33. The number of nitrogens with two attached hydrogens (primary N) is 1. The Labute approximate surface area is 144 Å². The van der Waals surface area contributed by atoms with Gasteiger partial charge in [0.25, 0.3) is 0 Å². The summed E-state index contributed by atoms with van der Waals surface area (Å²) in [5, 5.41) is 0. The highest BCUT2D eigenvalue weighted by Gasteiger charge is 2.25. The Morgan fingerprint density at radius 3 is 2.79 bits per heavy atom. The molecule has 2 aliphatic heterocycles. The highest BCUT2D eigenvalue weighted by Crippen LogP contribution is 2.24. The highest BCUT2D eigenvalue weighted by molar-refractivity contribution is 5.78. The average molecular weight is 334 g/mol. The summed E-state index contributed by atoms with van der Waals surface area (Å²) in [6.45, 7) is 10.2. The van der Waals surface area contributed by atoms with Crippen LogP contribution < -0.4 is 5.73 Å². The predicted molar refractivity (Wildman–Crippen MR) is 95.0 cm³/mol. The molecule has 2 saturated heterocycles. The van der Waals surface area contributed by atoms with Crippen LogP contribution >= 0.6 is 0 Å². The maximum Gasteiger partial charge on any atom is 0.191 e. The van der Waals surface area contributed by atoms with Crippen molar-refractivity contribution < 1.29 is 9.15 Å². The van der Waals surface area contributed by atoms with Gasteiger partial charge < -0.3 is 19.8 Å². The molecule has 2 unspecified atom stereocenters. The van der Waals surface area contributed by atoms with Crippen LogP contribution in [0.5, 0.6) is 0 Å². The lowest BCUT2D eigenvalue weighted by Crippen LogP contribution is -2.44. The summed E-state index contributed by atoms with van der Waals surface area (Å²) in [7, 11) is 0. The lowest BCUT2D eigenvalue weighted by molar-refractivity contribution is 0.0135. The fourth-order valence-corrected chi connectivity index (χ4v) is 3.58. The van der Waals surface area contributed by atoms with E-state index in [9.17, 15) is 0 Å². The number of piperidine rings is 1. The Bertz CT molecular complexity index is 551. The zero-order chi connectivity index (χ0) is 16.9. The van der Waals surface area contributed by atoms with Crippen LogP contribution in [0.15, 0.2) is 21.5 Å². The van der Waals surface area contributed by atoms with Gasteiger partial charge in [-0.15, -0.1) is 0 Å². The Morgan fingerprint density at radius 2 is 2.12 bits per heavy atom. The van der Waals surface area contributed by atoms with E-state index in [2.05, 4.69) is 22.8 Å². The number of aryl methyl sites for hydroxylation is 1. The van der Waals surface area contributed by atoms with Crippen molar-refractivity contribution in [3.8, 4) is 0 Å². The molecular weight excluding hydrogens is 304 g/mol. The van der Waals surface area contributed by atoms with E-state index in [0.717, 1.165) is 50.9 Å². The molecule has 1 aromatic rings. The molecule has 24 heavy (non-hydrogen) atoms.